The minimum atomic E-state index is -0.138. The molecule has 0 saturated carbocycles. The Bertz CT molecular complexity index is 555. The number of hydrogen-bond donors (Lipinski definition) is 1. The molecule has 0 atom stereocenters. The van der Waals surface area contributed by atoms with Crippen molar-refractivity contribution in [3.8, 4) is 0 Å². The largest absolute Gasteiger partial charge is 0.334 e. The van der Waals surface area contributed by atoms with Crippen LogP contribution in [-0.2, 0) is 16.1 Å². The van der Waals surface area contributed by atoms with Crippen molar-refractivity contribution in [1.29, 1.82) is 0 Å². The van der Waals surface area contributed by atoms with Crippen LogP contribution in [0, 0.1) is 0 Å². The lowest BCUT2D eigenvalue weighted by molar-refractivity contribution is -0.132. The van der Waals surface area contributed by atoms with Gasteiger partial charge in [0.1, 0.15) is 0 Å². The molecular weight excluding hydrogens is 280 g/mol. The van der Waals surface area contributed by atoms with Crippen LogP contribution in [0.1, 0.15) is 54.9 Å². The van der Waals surface area contributed by atoms with Crippen molar-refractivity contribution in [3.63, 3.8) is 0 Å². The number of carbonyl (C=O) groups excluding carboxylic acids is 3. The molecular formula is C17H22N2O3. The summed E-state index contributed by atoms with van der Waals surface area (Å²) in [5, 5.41) is 2.20. The number of hydrogen-bond acceptors (Lipinski definition) is 3. The Labute approximate surface area is 130 Å². The van der Waals surface area contributed by atoms with Gasteiger partial charge in [0.15, 0.2) is 0 Å². The summed E-state index contributed by atoms with van der Waals surface area (Å²) >= 11 is 0. The van der Waals surface area contributed by atoms with Gasteiger partial charge in [-0.1, -0.05) is 31.5 Å². The number of fused-ring (bicyclic) bond motifs is 1. The molecule has 2 heterocycles. The molecule has 3 rings (SSSR count). The lowest BCUT2D eigenvalue weighted by Gasteiger charge is -2.14. The van der Waals surface area contributed by atoms with E-state index >= 15 is 0 Å². The maximum absolute atomic E-state index is 11.8. The molecule has 5 nitrogen and oxygen atoms in total. The summed E-state index contributed by atoms with van der Waals surface area (Å²) in [6, 6.07) is 7.89. The van der Waals surface area contributed by atoms with Gasteiger partial charge in [0.2, 0.25) is 11.8 Å². The van der Waals surface area contributed by atoms with Crippen molar-refractivity contribution in [3.05, 3.63) is 35.4 Å². The molecule has 2 aliphatic heterocycles. The number of carbonyl (C=O) groups is 3. The molecule has 5 heteroatoms. The second-order valence-corrected chi connectivity index (χ2v) is 5.56. The Morgan fingerprint density at radius 3 is 2.32 bits per heavy atom. The molecule has 0 aliphatic carbocycles. The first-order chi connectivity index (χ1) is 10.6. The highest BCUT2D eigenvalue weighted by Gasteiger charge is 2.25. The van der Waals surface area contributed by atoms with Crippen LogP contribution < -0.4 is 5.32 Å². The van der Waals surface area contributed by atoms with Crippen LogP contribution in [0.25, 0.3) is 0 Å². The van der Waals surface area contributed by atoms with Gasteiger partial charge in [-0.05, 0) is 24.5 Å². The Hall–Kier alpha value is -2.17. The van der Waals surface area contributed by atoms with Gasteiger partial charge in [0, 0.05) is 31.5 Å². The number of amides is 3. The first-order valence-electron chi connectivity index (χ1n) is 7.81. The molecule has 118 valence electrons. The van der Waals surface area contributed by atoms with Crippen molar-refractivity contribution in [2.24, 2.45) is 0 Å². The van der Waals surface area contributed by atoms with Crippen molar-refractivity contribution in [2.45, 2.75) is 45.6 Å². The summed E-state index contributed by atoms with van der Waals surface area (Å²) in [5.41, 5.74) is 2.07. The fourth-order valence-corrected chi connectivity index (χ4v) is 2.53. The number of piperidine rings is 1. The van der Waals surface area contributed by atoms with Crippen molar-refractivity contribution < 1.29 is 14.4 Å². The molecule has 0 unspecified atom stereocenters. The van der Waals surface area contributed by atoms with E-state index in [4.69, 9.17) is 0 Å². The minimum Gasteiger partial charge on any atom is -0.334 e. The predicted molar refractivity (Wildman–Crippen MR) is 83.1 cm³/mol. The average Bonchev–Trinajstić information content (AvgIpc) is 2.82. The number of rotatable bonds is 3. The molecule has 1 aromatic rings. The van der Waals surface area contributed by atoms with Crippen LogP contribution >= 0.6 is 0 Å². The van der Waals surface area contributed by atoms with Gasteiger partial charge >= 0.3 is 0 Å². The van der Waals surface area contributed by atoms with Crippen LogP contribution in [0.3, 0.4) is 0 Å². The minimum absolute atomic E-state index is 0.138. The second kappa shape index (κ2) is 7.73. The zero-order valence-corrected chi connectivity index (χ0v) is 12.9. The van der Waals surface area contributed by atoms with Crippen molar-refractivity contribution in [1.82, 2.24) is 10.2 Å². The topological polar surface area (TPSA) is 66.5 Å². The second-order valence-electron chi connectivity index (χ2n) is 5.56. The Kier molecular flexibility index (Phi) is 5.69. The monoisotopic (exact) mass is 302 g/mol. The van der Waals surface area contributed by atoms with E-state index in [0.29, 0.717) is 19.3 Å². The Morgan fingerprint density at radius 2 is 1.77 bits per heavy atom. The molecule has 0 radical (unpaired) electrons. The number of nitrogens with one attached hydrogen (secondary N) is 1. The van der Waals surface area contributed by atoms with Gasteiger partial charge in [-0.25, -0.2) is 0 Å². The third kappa shape index (κ3) is 4.16. The standard InChI is InChI=1S/C12H15NO.C5H7NO2/c1-2-3-8-13-9-10-6-4-5-7-11(10)12(13)14;7-4-2-1-3-5(8)6-4/h4-7H,2-3,8-9H2,1H3;1-3H2,(H,6,7,8). The summed E-state index contributed by atoms with van der Waals surface area (Å²) in [7, 11) is 0. The number of imide groups is 1. The smallest absolute Gasteiger partial charge is 0.254 e. The van der Waals surface area contributed by atoms with Crippen LogP contribution in [0.4, 0.5) is 0 Å². The van der Waals surface area contributed by atoms with E-state index in [0.717, 1.165) is 31.5 Å². The Balaban J connectivity index is 0.000000188. The number of benzene rings is 1. The predicted octanol–water partition coefficient (Wildman–Crippen LogP) is 2.26. The number of unbranched alkanes of at least 4 members (excludes halogenated alkanes) is 1. The average molecular weight is 302 g/mol. The van der Waals surface area contributed by atoms with Gasteiger partial charge in [-0.3, -0.25) is 19.7 Å². The van der Waals surface area contributed by atoms with E-state index in [1.165, 1.54) is 5.56 Å². The van der Waals surface area contributed by atoms with Gasteiger partial charge in [0.25, 0.3) is 5.91 Å². The molecule has 0 aromatic heterocycles. The highest BCUT2D eigenvalue weighted by atomic mass is 16.2. The zero-order valence-electron chi connectivity index (χ0n) is 12.9. The summed E-state index contributed by atoms with van der Waals surface area (Å²) in [4.78, 5) is 34.5. The fraction of sp³-hybridized carbons (Fsp3) is 0.471. The zero-order chi connectivity index (χ0) is 15.9. The molecule has 1 N–H and O–H groups in total. The van der Waals surface area contributed by atoms with Gasteiger partial charge in [0.05, 0.1) is 0 Å². The summed E-state index contributed by atoms with van der Waals surface area (Å²) in [5.74, 6) is -0.0726. The van der Waals surface area contributed by atoms with Crippen molar-refractivity contribution >= 4 is 17.7 Å². The molecule has 1 fully saturated rings. The van der Waals surface area contributed by atoms with Gasteiger partial charge in [-0.15, -0.1) is 0 Å². The molecule has 0 spiro atoms. The summed E-state index contributed by atoms with van der Waals surface area (Å²) < 4.78 is 0. The number of nitrogens with zero attached hydrogens (tertiary/aromatic N) is 1. The van der Waals surface area contributed by atoms with Crippen LogP contribution in [0.2, 0.25) is 0 Å². The molecule has 2 aliphatic rings. The SMILES string of the molecule is CCCCN1Cc2ccccc2C1=O.O=C1CCCC(=O)N1. The van der Waals surface area contributed by atoms with E-state index in [2.05, 4.69) is 12.2 Å². The third-order valence-corrected chi connectivity index (χ3v) is 3.76. The highest BCUT2D eigenvalue weighted by molar-refractivity contribution is 5.98. The lowest BCUT2D eigenvalue weighted by atomic mass is 10.1. The molecule has 22 heavy (non-hydrogen) atoms. The Morgan fingerprint density at radius 1 is 1.09 bits per heavy atom. The third-order valence-electron chi connectivity index (χ3n) is 3.76. The maximum Gasteiger partial charge on any atom is 0.254 e. The van der Waals surface area contributed by atoms with E-state index < -0.39 is 0 Å². The molecule has 0 bridgehead atoms. The van der Waals surface area contributed by atoms with Crippen LogP contribution in [-0.4, -0.2) is 29.2 Å². The van der Waals surface area contributed by atoms with E-state index in [-0.39, 0.29) is 17.7 Å². The van der Waals surface area contributed by atoms with Gasteiger partial charge < -0.3 is 4.90 Å². The van der Waals surface area contributed by atoms with E-state index in [1.54, 1.807) is 0 Å². The molecule has 1 saturated heterocycles. The van der Waals surface area contributed by atoms with E-state index in [1.807, 2.05) is 29.2 Å². The first-order valence-corrected chi connectivity index (χ1v) is 7.81. The normalized spacial score (nSPS) is 16.8. The fourth-order valence-electron chi connectivity index (χ4n) is 2.53. The molecule has 1 aromatic carbocycles. The summed E-state index contributed by atoms with van der Waals surface area (Å²) in [6.45, 7) is 3.84. The van der Waals surface area contributed by atoms with Crippen molar-refractivity contribution in [2.75, 3.05) is 6.54 Å². The van der Waals surface area contributed by atoms with E-state index in [9.17, 15) is 14.4 Å². The lowest BCUT2D eigenvalue weighted by Crippen LogP contribution is -2.33. The quantitative estimate of drug-likeness (QED) is 0.871. The summed E-state index contributed by atoms with van der Waals surface area (Å²) in [6.07, 6.45) is 3.96. The first kappa shape index (κ1) is 16.2. The van der Waals surface area contributed by atoms with Gasteiger partial charge in [-0.2, -0.15) is 0 Å². The van der Waals surface area contributed by atoms with Crippen LogP contribution in [0.5, 0.6) is 0 Å². The molecule has 3 amide bonds. The maximum atomic E-state index is 11.8. The highest BCUT2D eigenvalue weighted by Crippen LogP contribution is 2.22. The van der Waals surface area contributed by atoms with Crippen LogP contribution in [0.15, 0.2) is 24.3 Å².